The lowest BCUT2D eigenvalue weighted by atomic mass is 10.2. The van der Waals surface area contributed by atoms with Crippen molar-refractivity contribution in [2.45, 2.75) is 6.54 Å². The van der Waals surface area contributed by atoms with Crippen molar-refractivity contribution in [3.05, 3.63) is 64.8 Å². The second-order valence-electron chi connectivity index (χ2n) is 4.35. The second kappa shape index (κ2) is 5.61. The second-order valence-corrected chi connectivity index (χ2v) is 5.21. The minimum atomic E-state index is 0.412. The van der Waals surface area contributed by atoms with E-state index in [1.165, 1.54) is 0 Å². The van der Waals surface area contributed by atoms with E-state index in [1.807, 2.05) is 48.5 Å². The van der Waals surface area contributed by atoms with Gasteiger partial charge in [-0.3, -0.25) is 4.98 Å². The van der Waals surface area contributed by atoms with E-state index < -0.39 is 0 Å². The van der Waals surface area contributed by atoms with Crippen molar-refractivity contribution in [1.29, 1.82) is 0 Å². The van der Waals surface area contributed by atoms with Crippen LogP contribution in [0.4, 0.5) is 0 Å². The lowest BCUT2D eigenvalue weighted by molar-refractivity contribution is 0.480. The van der Waals surface area contributed by atoms with Crippen molar-refractivity contribution >= 4 is 26.8 Å². The number of para-hydroxylation sites is 1. The molecular formula is C16H13BrN2O. The number of benzene rings is 2. The van der Waals surface area contributed by atoms with Crippen LogP contribution in [-0.2, 0) is 6.54 Å². The number of rotatable bonds is 3. The molecule has 4 heteroatoms. The first-order chi connectivity index (χ1) is 9.79. The molecule has 1 aromatic heterocycles. The average Bonchev–Trinajstić information content (AvgIpc) is 2.48. The summed E-state index contributed by atoms with van der Waals surface area (Å²) in [6.45, 7) is 0.412. The Morgan fingerprint density at radius 2 is 1.75 bits per heavy atom. The molecule has 2 N–H and O–H groups in total. The molecule has 0 unspecified atom stereocenters. The van der Waals surface area contributed by atoms with E-state index in [0.29, 0.717) is 6.54 Å². The van der Waals surface area contributed by atoms with Crippen molar-refractivity contribution in [3.8, 4) is 11.5 Å². The Balaban J connectivity index is 2.08. The van der Waals surface area contributed by atoms with Crippen LogP contribution >= 0.6 is 15.9 Å². The highest BCUT2D eigenvalue weighted by Gasteiger charge is 2.09. The largest absolute Gasteiger partial charge is 0.455 e. The fourth-order valence-electron chi connectivity index (χ4n) is 2.11. The summed E-state index contributed by atoms with van der Waals surface area (Å²) in [4.78, 5) is 4.39. The van der Waals surface area contributed by atoms with Gasteiger partial charge in [0.25, 0.3) is 0 Å². The molecule has 0 atom stereocenters. The Bertz CT molecular complexity index is 753. The molecule has 0 aliphatic carbocycles. The minimum absolute atomic E-state index is 0.412. The van der Waals surface area contributed by atoms with E-state index in [2.05, 4.69) is 20.9 Å². The molecule has 0 fully saturated rings. The van der Waals surface area contributed by atoms with Crippen LogP contribution in [0.15, 0.2) is 59.2 Å². The highest BCUT2D eigenvalue weighted by Crippen LogP contribution is 2.33. The highest BCUT2D eigenvalue weighted by atomic mass is 79.9. The number of nitrogens with zero attached hydrogens (tertiary/aromatic N) is 1. The lowest BCUT2D eigenvalue weighted by Gasteiger charge is -2.12. The summed E-state index contributed by atoms with van der Waals surface area (Å²) in [6.07, 6.45) is 1.76. The zero-order chi connectivity index (χ0) is 13.9. The highest BCUT2D eigenvalue weighted by molar-refractivity contribution is 9.10. The average molecular weight is 329 g/mol. The van der Waals surface area contributed by atoms with Gasteiger partial charge in [-0.05, 0) is 24.3 Å². The smallest absolute Gasteiger partial charge is 0.153 e. The van der Waals surface area contributed by atoms with E-state index in [1.54, 1.807) is 6.20 Å². The molecule has 3 nitrogen and oxygen atoms in total. The molecule has 0 radical (unpaired) electrons. The van der Waals surface area contributed by atoms with Gasteiger partial charge in [-0.15, -0.1) is 0 Å². The summed E-state index contributed by atoms with van der Waals surface area (Å²) in [6, 6.07) is 15.6. The Kier molecular flexibility index (Phi) is 3.67. The molecule has 3 rings (SSSR count). The number of hydrogen-bond acceptors (Lipinski definition) is 3. The molecule has 0 aliphatic rings. The number of hydrogen-bond donors (Lipinski definition) is 1. The van der Waals surface area contributed by atoms with Gasteiger partial charge in [-0.2, -0.15) is 0 Å². The Hall–Kier alpha value is -1.91. The minimum Gasteiger partial charge on any atom is -0.455 e. The van der Waals surface area contributed by atoms with E-state index >= 15 is 0 Å². The molecule has 3 aromatic rings. The standard InChI is InChI=1S/C16H13BrN2O/c17-13-6-2-7-14(12(13)10-18)20-15-8-1-4-11-5-3-9-19-16(11)15/h1-9H,10,18H2. The molecule has 0 spiro atoms. The van der Waals surface area contributed by atoms with Crippen LogP contribution in [0.2, 0.25) is 0 Å². The fourth-order valence-corrected chi connectivity index (χ4v) is 2.62. The summed E-state index contributed by atoms with van der Waals surface area (Å²) in [5, 5.41) is 1.05. The van der Waals surface area contributed by atoms with E-state index in [0.717, 1.165) is 32.4 Å². The van der Waals surface area contributed by atoms with Crippen LogP contribution in [0, 0.1) is 0 Å². The van der Waals surface area contributed by atoms with Crippen molar-refractivity contribution < 1.29 is 4.74 Å². The first kappa shape index (κ1) is 13.1. The van der Waals surface area contributed by atoms with Gasteiger partial charge in [0, 0.05) is 28.2 Å². The Labute approximate surface area is 125 Å². The van der Waals surface area contributed by atoms with Crippen LogP contribution in [0.3, 0.4) is 0 Å². The number of nitrogens with two attached hydrogens (primary N) is 1. The summed E-state index contributed by atoms with van der Waals surface area (Å²) < 4.78 is 6.97. The molecule has 0 amide bonds. The zero-order valence-corrected chi connectivity index (χ0v) is 12.3. The number of ether oxygens (including phenoxy) is 1. The lowest BCUT2D eigenvalue weighted by Crippen LogP contribution is -2.00. The van der Waals surface area contributed by atoms with Crippen LogP contribution in [0.1, 0.15) is 5.56 Å². The molecule has 100 valence electrons. The van der Waals surface area contributed by atoms with Crippen LogP contribution < -0.4 is 10.5 Å². The number of pyridine rings is 1. The van der Waals surface area contributed by atoms with Crippen molar-refractivity contribution in [3.63, 3.8) is 0 Å². The van der Waals surface area contributed by atoms with Gasteiger partial charge in [0.1, 0.15) is 11.3 Å². The predicted molar refractivity (Wildman–Crippen MR) is 83.9 cm³/mol. The molecule has 0 bridgehead atoms. The van der Waals surface area contributed by atoms with Crippen molar-refractivity contribution in [2.24, 2.45) is 5.73 Å². The molecule has 20 heavy (non-hydrogen) atoms. The Morgan fingerprint density at radius 3 is 2.60 bits per heavy atom. The number of aromatic nitrogens is 1. The predicted octanol–water partition coefficient (Wildman–Crippen LogP) is 4.25. The van der Waals surface area contributed by atoms with Gasteiger partial charge in [-0.25, -0.2) is 0 Å². The van der Waals surface area contributed by atoms with Crippen molar-refractivity contribution in [1.82, 2.24) is 4.98 Å². The third-order valence-electron chi connectivity index (χ3n) is 3.10. The van der Waals surface area contributed by atoms with Crippen LogP contribution in [-0.4, -0.2) is 4.98 Å². The molecule has 2 aromatic carbocycles. The zero-order valence-electron chi connectivity index (χ0n) is 10.7. The fraction of sp³-hybridized carbons (Fsp3) is 0.0625. The SMILES string of the molecule is NCc1c(Br)cccc1Oc1cccc2cccnc12. The van der Waals surface area contributed by atoms with E-state index in [-0.39, 0.29) is 0 Å². The maximum atomic E-state index is 6.02. The van der Waals surface area contributed by atoms with E-state index in [9.17, 15) is 0 Å². The van der Waals surface area contributed by atoms with E-state index in [4.69, 9.17) is 10.5 Å². The third-order valence-corrected chi connectivity index (χ3v) is 3.84. The third kappa shape index (κ3) is 2.40. The molecular weight excluding hydrogens is 316 g/mol. The molecule has 0 saturated heterocycles. The number of fused-ring (bicyclic) bond motifs is 1. The van der Waals surface area contributed by atoms with Crippen LogP contribution in [0.5, 0.6) is 11.5 Å². The normalized spacial score (nSPS) is 10.7. The monoisotopic (exact) mass is 328 g/mol. The van der Waals surface area contributed by atoms with Gasteiger partial charge < -0.3 is 10.5 Å². The van der Waals surface area contributed by atoms with Gasteiger partial charge in [0.05, 0.1) is 0 Å². The summed E-state index contributed by atoms with van der Waals surface area (Å²) in [5.41, 5.74) is 7.58. The molecule has 0 aliphatic heterocycles. The Morgan fingerprint density at radius 1 is 1.00 bits per heavy atom. The molecule has 0 saturated carbocycles. The first-order valence-corrected chi connectivity index (χ1v) is 7.08. The van der Waals surface area contributed by atoms with Crippen LogP contribution in [0.25, 0.3) is 10.9 Å². The maximum absolute atomic E-state index is 6.02. The van der Waals surface area contributed by atoms with Gasteiger partial charge >= 0.3 is 0 Å². The van der Waals surface area contributed by atoms with Gasteiger partial charge in [0.15, 0.2) is 5.75 Å². The maximum Gasteiger partial charge on any atom is 0.153 e. The van der Waals surface area contributed by atoms with Crippen molar-refractivity contribution in [2.75, 3.05) is 0 Å². The number of halogens is 1. The molecule has 1 heterocycles. The van der Waals surface area contributed by atoms with Gasteiger partial charge in [-0.1, -0.05) is 40.2 Å². The summed E-state index contributed by atoms with van der Waals surface area (Å²) in [5.74, 6) is 1.48. The van der Waals surface area contributed by atoms with Gasteiger partial charge in [0.2, 0.25) is 0 Å². The summed E-state index contributed by atoms with van der Waals surface area (Å²) in [7, 11) is 0. The first-order valence-electron chi connectivity index (χ1n) is 6.28. The topological polar surface area (TPSA) is 48.1 Å². The quantitative estimate of drug-likeness (QED) is 0.781. The summed E-state index contributed by atoms with van der Waals surface area (Å²) >= 11 is 3.49.